The monoisotopic (exact) mass is 556 g/mol. The largest absolute Gasteiger partial charge is 0.496 e. The summed E-state index contributed by atoms with van der Waals surface area (Å²) < 4.78 is 11.8. The Morgan fingerprint density at radius 1 is 1.21 bits per heavy atom. The summed E-state index contributed by atoms with van der Waals surface area (Å²) in [6.07, 6.45) is 5.91. The first-order valence-corrected chi connectivity index (χ1v) is 13.8. The number of halogens is 1. The molecule has 38 heavy (non-hydrogen) atoms. The Balaban J connectivity index is 1.73. The van der Waals surface area contributed by atoms with Gasteiger partial charge in [-0.2, -0.15) is 0 Å². The summed E-state index contributed by atoms with van der Waals surface area (Å²) in [4.78, 5) is 28.5. The number of unbranched alkanes of at least 4 members (excludes halogenated alkanes) is 3. The summed E-state index contributed by atoms with van der Waals surface area (Å²) >= 11 is 7.59. The van der Waals surface area contributed by atoms with Crippen molar-refractivity contribution in [2.45, 2.75) is 52.6 Å². The number of ether oxygens (including phenoxy) is 2. The molecule has 1 aromatic heterocycles. The van der Waals surface area contributed by atoms with Crippen molar-refractivity contribution in [3.05, 3.63) is 69.1 Å². The zero-order valence-corrected chi connectivity index (χ0v) is 23.6. The van der Waals surface area contributed by atoms with Gasteiger partial charge in [-0.05, 0) is 50.1 Å². The van der Waals surface area contributed by atoms with Crippen LogP contribution in [0.15, 0.2) is 47.4 Å². The fourth-order valence-corrected chi connectivity index (χ4v) is 4.83. The lowest BCUT2D eigenvalue weighted by atomic mass is 10.0. The van der Waals surface area contributed by atoms with E-state index in [0.29, 0.717) is 34.3 Å². The molecule has 0 fully saturated rings. The van der Waals surface area contributed by atoms with Gasteiger partial charge in [-0.25, -0.2) is 9.78 Å². The van der Waals surface area contributed by atoms with Crippen LogP contribution in [0.25, 0.3) is 17.3 Å². The predicted molar refractivity (Wildman–Crippen MR) is 153 cm³/mol. The van der Waals surface area contributed by atoms with Crippen molar-refractivity contribution in [3.8, 4) is 17.0 Å². The summed E-state index contributed by atoms with van der Waals surface area (Å²) in [5.41, 5.74) is 3.44. The number of carbonyl (C=O) groups excluding carboxylic acids is 1. The number of benzene rings is 2. The number of methoxy groups -OCH3 is 1. The van der Waals surface area contributed by atoms with Crippen LogP contribution in [0.4, 0.5) is 5.13 Å². The summed E-state index contributed by atoms with van der Waals surface area (Å²) in [6.45, 7) is 6.38. The van der Waals surface area contributed by atoms with Gasteiger partial charge < -0.3 is 14.6 Å². The van der Waals surface area contributed by atoms with Crippen LogP contribution in [0.3, 0.4) is 0 Å². The Labute approximate surface area is 232 Å². The number of hydrogen-bond donors (Lipinski definition) is 2. The highest BCUT2D eigenvalue weighted by atomic mass is 35.5. The van der Waals surface area contributed by atoms with Gasteiger partial charge in [0.25, 0.3) is 5.91 Å². The summed E-state index contributed by atoms with van der Waals surface area (Å²) in [5, 5.41) is 14.4. The molecule has 1 amide bonds. The Bertz CT molecular complexity index is 1300. The van der Waals surface area contributed by atoms with E-state index in [1.807, 2.05) is 30.5 Å². The number of hydrogen-bond acceptors (Lipinski definition) is 6. The molecule has 7 nitrogen and oxygen atoms in total. The van der Waals surface area contributed by atoms with E-state index in [2.05, 4.69) is 17.2 Å². The van der Waals surface area contributed by atoms with Gasteiger partial charge in [0.2, 0.25) is 0 Å². The minimum Gasteiger partial charge on any atom is -0.496 e. The minimum atomic E-state index is -1.03. The number of carboxylic acids is 1. The second-order valence-corrected chi connectivity index (χ2v) is 10.1. The lowest BCUT2D eigenvalue weighted by Gasteiger charge is -2.18. The number of aliphatic carboxylic acids is 1. The first-order chi connectivity index (χ1) is 18.2. The molecule has 0 aliphatic carbocycles. The van der Waals surface area contributed by atoms with Crippen molar-refractivity contribution < 1.29 is 24.2 Å². The van der Waals surface area contributed by atoms with E-state index in [9.17, 15) is 9.59 Å². The average Bonchev–Trinajstić information content (AvgIpc) is 3.37. The molecule has 9 heteroatoms. The molecule has 0 unspecified atom stereocenters. The van der Waals surface area contributed by atoms with E-state index in [1.54, 1.807) is 19.2 Å². The summed E-state index contributed by atoms with van der Waals surface area (Å²) in [5.74, 6) is -0.707. The number of aromatic nitrogens is 1. The van der Waals surface area contributed by atoms with Crippen LogP contribution in [0.1, 0.15) is 74.0 Å². The Hall–Kier alpha value is -3.20. The quantitative estimate of drug-likeness (QED) is 0.164. The molecule has 0 aliphatic rings. The number of carbonyl (C=O) groups is 2. The molecule has 3 aromatic rings. The number of anilines is 1. The Morgan fingerprint density at radius 3 is 2.68 bits per heavy atom. The SMILES string of the molecule is CCCCCCO[C@@H](C)c1cccc(-c2csc(NC(=O)c3ccc(/C=C(\C)C(=O)O)c(Cl)c3)n2)c1OC. The predicted octanol–water partition coefficient (Wildman–Crippen LogP) is 7.87. The normalized spacial score (nSPS) is 12.3. The summed E-state index contributed by atoms with van der Waals surface area (Å²) in [7, 11) is 1.63. The maximum atomic E-state index is 12.8. The number of carboxylic acid groups (broad SMARTS) is 1. The zero-order valence-electron chi connectivity index (χ0n) is 22.0. The second-order valence-electron chi connectivity index (χ2n) is 8.86. The van der Waals surface area contributed by atoms with E-state index >= 15 is 0 Å². The van der Waals surface area contributed by atoms with E-state index in [4.69, 9.17) is 26.2 Å². The second kappa shape index (κ2) is 14.1. The van der Waals surface area contributed by atoms with Crippen LogP contribution >= 0.6 is 22.9 Å². The molecular formula is C29H33ClN2O5S. The number of rotatable bonds is 13. The molecule has 0 bridgehead atoms. The van der Waals surface area contributed by atoms with E-state index in [-0.39, 0.29) is 22.6 Å². The number of amides is 1. The molecule has 2 aromatic carbocycles. The fourth-order valence-electron chi connectivity index (χ4n) is 3.89. The van der Waals surface area contributed by atoms with Crippen molar-refractivity contribution in [2.75, 3.05) is 19.0 Å². The highest BCUT2D eigenvalue weighted by Gasteiger charge is 2.19. The molecule has 0 spiro atoms. The van der Waals surface area contributed by atoms with Crippen LogP contribution in [0.2, 0.25) is 5.02 Å². The minimum absolute atomic E-state index is 0.133. The molecule has 3 rings (SSSR count). The van der Waals surface area contributed by atoms with E-state index < -0.39 is 5.97 Å². The first-order valence-electron chi connectivity index (χ1n) is 12.5. The van der Waals surface area contributed by atoms with Gasteiger partial charge in [-0.15, -0.1) is 11.3 Å². The highest BCUT2D eigenvalue weighted by Crippen LogP contribution is 2.38. The van der Waals surface area contributed by atoms with Gasteiger partial charge in [-0.3, -0.25) is 10.1 Å². The maximum Gasteiger partial charge on any atom is 0.331 e. The average molecular weight is 557 g/mol. The molecule has 1 atom stereocenters. The molecule has 202 valence electrons. The number of nitrogens with zero attached hydrogens (tertiary/aromatic N) is 1. The Morgan fingerprint density at radius 2 is 2.00 bits per heavy atom. The van der Waals surface area contributed by atoms with Crippen molar-refractivity contribution in [2.24, 2.45) is 0 Å². The zero-order chi connectivity index (χ0) is 27.7. The fraction of sp³-hybridized carbons (Fsp3) is 0.345. The third kappa shape index (κ3) is 7.66. The molecular weight excluding hydrogens is 524 g/mol. The van der Waals surface area contributed by atoms with E-state index in [0.717, 1.165) is 24.0 Å². The number of thiazole rings is 1. The van der Waals surface area contributed by atoms with Gasteiger partial charge in [-0.1, -0.05) is 56.0 Å². The van der Waals surface area contributed by atoms with Crippen molar-refractivity contribution in [1.82, 2.24) is 4.98 Å². The first kappa shape index (κ1) is 29.4. The third-order valence-corrected chi connectivity index (χ3v) is 7.11. The lowest BCUT2D eigenvalue weighted by Crippen LogP contribution is -2.11. The standard InChI is InChI=1S/C29H33ClN2O5S/c1-5-6-7-8-14-37-19(3)22-10-9-11-23(26(22)36-4)25-17-38-29(31-25)32-27(33)21-13-12-20(24(30)16-21)15-18(2)28(34)35/h9-13,15-17,19H,5-8,14H2,1-4H3,(H,34,35)(H,31,32,33)/b18-15+/t19-/m0/s1. The molecule has 0 saturated carbocycles. The molecule has 2 N–H and O–H groups in total. The van der Waals surface area contributed by atoms with Crippen LogP contribution in [-0.4, -0.2) is 35.7 Å². The molecule has 0 aliphatic heterocycles. The van der Waals surface area contributed by atoms with Crippen molar-refractivity contribution in [3.63, 3.8) is 0 Å². The number of para-hydroxylation sites is 1. The lowest BCUT2D eigenvalue weighted by molar-refractivity contribution is -0.132. The van der Waals surface area contributed by atoms with Crippen LogP contribution in [-0.2, 0) is 9.53 Å². The van der Waals surface area contributed by atoms with Gasteiger partial charge in [0.05, 0.1) is 18.9 Å². The van der Waals surface area contributed by atoms with Gasteiger partial charge in [0.1, 0.15) is 5.75 Å². The third-order valence-electron chi connectivity index (χ3n) is 6.03. The van der Waals surface area contributed by atoms with Crippen LogP contribution < -0.4 is 10.1 Å². The Kier molecular flexibility index (Phi) is 10.9. The smallest absolute Gasteiger partial charge is 0.331 e. The molecule has 0 saturated heterocycles. The van der Waals surface area contributed by atoms with Crippen LogP contribution in [0.5, 0.6) is 5.75 Å². The van der Waals surface area contributed by atoms with Crippen LogP contribution in [0, 0.1) is 0 Å². The topological polar surface area (TPSA) is 97.8 Å². The van der Waals surface area contributed by atoms with Crippen molar-refractivity contribution in [1.29, 1.82) is 0 Å². The van der Waals surface area contributed by atoms with E-state index in [1.165, 1.54) is 43.2 Å². The van der Waals surface area contributed by atoms with Crippen molar-refractivity contribution >= 4 is 46.0 Å². The highest BCUT2D eigenvalue weighted by molar-refractivity contribution is 7.14. The summed E-state index contributed by atoms with van der Waals surface area (Å²) in [6, 6.07) is 10.6. The maximum absolute atomic E-state index is 12.8. The van der Waals surface area contributed by atoms with Gasteiger partial charge in [0, 0.05) is 39.3 Å². The van der Waals surface area contributed by atoms with Gasteiger partial charge >= 0.3 is 5.97 Å². The number of nitrogens with one attached hydrogen (secondary N) is 1. The molecule has 1 heterocycles. The van der Waals surface area contributed by atoms with Gasteiger partial charge in [0.15, 0.2) is 5.13 Å². The molecule has 0 radical (unpaired) electrons.